The molecule has 2 rings (SSSR count). The van der Waals surface area contributed by atoms with Gasteiger partial charge in [-0.1, -0.05) is 25.1 Å². The highest BCUT2D eigenvalue weighted by Crippen LogP contribution is 2.22. The summed E-state index contributed by atoms with van der Waals surface area (Å²) in [5, 5.41) is 8.45. The number of amides is 4. The van der Waals surface area contributed by atoms with Crippen LogP contribution in [0.4, 0.5) is 21.0 Å². The lowest BCUT2D eigenvalue weighted by atomic mass is 10.2. The Balaban J connectivity index is 2.08. The Bertz CT molecular complexity index is 1050. The van der Waals surface area contributed by atoms with Crippen molar-refractivity contribution < 1.29 is 19.1 Å². The van der Waals surface area contributed by atoms with Crippen molar-refractivity contribution in [2.75, 3.05) is 37.8 Å². The highest BCUT2D eigenvalue weighted by molar-refractivity contribution is 6.05. The van der Waals surface area contributed by atoms with Gasteiger partial charge in [0.2, 0.25) is 0 Å². The molecule has 1 unspecified atom stereocenters. The molecular weight excluding hydrogens is 472 g/mol. The van der Waals surface area contributed by atoms with Crippen LogP contribution < -0.4 is 16.0 Å². The molecule has 1 atom stereocenters. The second kappa shape index (κ2) is 13.6. The lowest BCUT2D eigenvalue weighted by Gasteiger charge is -2.26. The molecule has 10 nitrogen and oxygen atoms in total. The molecule has 0 saturated heterocycles. The van der Waals surface area contributed by atoms with Gasteiger partial charge >= 0.3 is 12.1 Å². The number of nitrogens with zero attached hydrogens (tertiary/aromatic N) is 3. The van der Waals surface area contributed by atoms with Gasteiger partial charge in [0, 0.05) is 31.9 Å². The molecule has 1 aromatic heterocycles. The number of likely N-dealkylation sites (N-methyl/N-ethyl adjacent to an activating group) is 1. The zero-order valence-electron chi connectivity index (χ0n) is 22.9. The first-order valence-corrected chi connectivity index (χ1v) is 12.4. The number of anilines is 2. The summed E-state index contributed by atoms with van der Waals surface area (Å²) in [6, 6.07) is 10.2. The summed E-state index contributed by atoms with van der Waals surface area (Å²) < 4.78 is 5.30. The van der Waals surface area contributed by atoms with Crippen LogP contribution in [-0.2, 0) is 11.3 Å². The number of hydrogen-bond donors (Lipinski definition) is 3. The standard InChI is InChI=1S/C27H40N6O4/c1-8-19(2)29-25(35)33(16-15-32(6)7)18-20-13-14-23(28-17-20)24(34)30-21-11-9-10-12-22(21)31-26(36)37-27(3,4)5/h9-14,17,19H,8,15-16,18H2,1-7H3,(H,29,35)(H,30,34)(H,31,36). The molecule has 0 aliphatic rings. The third kappa shape index (κ3) is 10.5. The highest BCUT2D eigenvalue weighted by Gasteiger charge is 2.19. The molecule has 10 heteroatoms. The molecule has 0 radical (unpaired) electrons. The van der Waals surface area contributed by atoms with Crippen molar-refractivity contribution in [2.45, 2.75) is 59.2 Å². The van der Waals surface area contributed by atoms with Gasteiger partial charge < -0.3 is 25.2 Å². The van der Waals surface area contributed by atoms with E-state index in [0.29, 0.717) is 24.5 Å². The number of carbonyl (C=O) groups excluding carboxylic acids is 3. The predicted octanol–water partition coefficient (Wildman–Crippen LogP) is 4.55. The topological polar surface area (TPSA) is 116 Å². The number of carbonyl (C=O) groups is 3. The van der Waals surface area contributed by atoms with E-state index in [2.05, 4.69) is 20.9 Å². The van der Waals surface area contributed by atoms with Crippen molar-refractivity contribution in [3.63, 3.8) is 0 Å². The van der Waals surface area contributed by atoms with E-state index in [4.69, 9.17) is 4.74 Å². The van der Waals surface area contributed by atoms with Crippen molar-refractivity contribution in [1.82, 2.24) is 20.1 Å². The first kappa shape index (κ1) is 29.6. The molecule has 37 heavy (non-hydrogen) atoms. The van der Waals surface area contributed by atoms with Crippen LogP contribution in [0, 0.1) is 0 Å². The Kier molecular flexibility index (Phi) is 10.9. The number of aromatic nitrogens is 1. The third-order valence-corrected chi connectivity index (χ3v) is 5.33. The number of urea groups is 1. The van der Waals surface area contributed by atoms with Gasteiger partial charge in [0.05, 0.1) is 11.4 Å². The van der Waals surface area contributed by atoms with Crippen molar-refractivity contribution in [1.29, 1.82) is 0 Å². The first-order chi connectivity index (χ1) is 17.4. The second-order valence-corrected chi connectivity index (χ2v) is 10.2. The predicted molar refractivity (Wildman–Crippen MR) is 146 cm³/mol. The number of nitrogens with one attached hydrogen (secondary N) is 3. The van der Waals surface area contributed by atoms with Gasteiger partial charge in [-0.15, -0.1) is 0 Å². The lowest BCUT2D eigenvalue weighted by molar-refractivity contribution is 0.0635. The van der Waals surface area contributed by atoms with Gasteiger partial charge in [-0.2, -0.15) is 0 Å². The maximum Gasteiger partial charge on any atom is 0.412 e. The van der Waals surface area contributed by atoms with Crippen LogP contribution in [0.1, 0.15) is 57.1 Å². The fourth-order valence-corrected chi connectivity index (χ4v) is 3.15. The molecule has 2 aromatic rings. The molecule has 0 saturated carbocycles. The first-order valence-electron chi connectivity index (χ1n) is 12.4. The Morgan fingerprint density at radius 3 is 2.19 bits per heavy atom. The molecule has 0 bridgehead atoms. The van der Waals surface area contributed by atoms with E-state index in [0.717, 1.165) is 18.5 Å². The summed E-state index contributed by atoms with van der Waals surface area (Å²) in [5.74, 6) is -0.427. The summed E-state index contributed by atoms with van der Waals surface area (Å²) in [6.45, 7) is 11.0. The molecule has 0 fully saturated rings. The van der Waals surface area contributed by atoms with Crippen LogP contribution in [0.25, 0.3) is 0 Å². The van der Waals surface area contributed by atoms with Gasteiger partial charge in [0.15, 0.2) is 0 Å². The van der Waals surface area contributed by atoms with E-state index in [-0.39, 0.29) is 17.8 Å². The third-order valence-electron chi connectivity index (χ3n) is 5.33. The lowest BCUT2D eigenvalue weighted by Crippen LogP contribution is -2.45. The fraction of sp³-hybridized carbons (Fsp3) is 0.481. The average molecular weight is 513 g/mol. The van der Waals surface area contributed by atoms with E-state index in [1.165, 1.54) is 0 Å². The van der Waals surface area contributed by atoms with Crippen molar-refractivity contribution >= 4 is 29.4 Å². The molecular formula is C27H40N6O4. The van der Waals surface area contributed by atoms with E-state index < -0.39 is 17.6 Å². The van der Waals surface area contributed by atoms with E-state index in [9.17, 15) is 14.4 Å². The van der Waals surface area contributed by atoms with Gasteiger partial charge in [-0.05, 0) is 72.0 Å². The van der Waals surface area contributed by atoms with Crippen LogP contribution >= 0.6 is 0 Å². The normalized spacial score (nSPS) is 12.0. The summed E-state index contributed by atoms with van der Waals surface area (Å²) in [4.78, 5) is 45.9. The summed E-state index contributed by atoms with van der Waals surface area (Å²) in [6.07, 6.45) is 1.82. The summed E-state index contributed by atoms with van der Waals surface area (Å²) in [7, 11) is 3.92. The summed E-state index contributed by atoms with van der Waals surface area (Å²) >= 11 is 0. The maximum atomic E-state index is 12.9. The Morgan fingerprint density at radius 1 is 1.00 bits per heavy atom. The Hall–Kier alpha value is -3.66. The maximum absolute atomic E-state index is 12.9. The van der Waals surface area contributed by atoms with Gasteiger partial charge in [0.25, 0.3) is 5.91 Å². The minimum absolute atomic E-state index is 0.0752. The average Bonchev–Trinajstić information content (AvgIpc) is 2.81. The number of hydrogen-bond acceptors (Lipinski definition) is 6. The monoisotopic (exact) mass is 512 g/mol. The molecule has 0 spiro atoms. The minimum Gasteiger partial charge on any atom is -0.444 e. The van der Waals surface area contributed by atoms with Crippen molar-refractivity contribution in [3.8, 4) is 0 Å². The quantitative estimate of drug-likeness (QED) is 0.430. The molecule has 3 N–H and O–H groups in total. The molecule has 1 aromatic carbocycles. The number of para-hydroxylation sites is 2. The molecule has 4 amide bonds. The summed E-state index contributed by atoms with van der Waals surface area (Å²) in [5.41, 5.74) is 1.19. The van der Waals surface area contributed by atoms with E-state index >= 15 is 0 Å². The molecule has 202 valence electrons. The SMILES string of the molecule is CCC(C)NC(=O)N(CCN(C)C)Cc1ccc(C(=O)Nc2ccccc2NC(=O)OC(C)(C)C)nc1. The molecule has 0 aliphatic carbocycles. The van der Waals surface area contributed by atoms with Gasteiger partial charge in [-0.25, -0.2) is 9.59 Å². The van der Waals surface area contributed by atoms with Crippen LogP contribution in [0.5, 0.6) is 0 Å². The number of benzene rings is 1. The minimum atomic E-state index is -0.648. The van der Waals surface area contributed by atoms with Crippen LogP contribution in [0.2, 0.25) is 0 Å². The van der Waals surface area contributed by atoms with Gasteiger partial charge in [0.1, 0.15) is 11.3 Å². The van der Waals surface area contributed by atoms with Crippen LogP contribution in [0.3, 0.4) is 0 Å². The van der Waals surface area contributed by atoms with Gasteiger partial charge in [-0.3, -0.25) is 15.1 Å². The zero-order valence-corrected chi connectivity index (χ0v) is 22.9. The Labute approximate surface area is 219 Å². The van der Waals surface area contributed by atoms with Crippen LogP contribution in [-0.4, -0.2) is 71.6 Å². The zero-order chi connectivity index (χ0) is 27.6. The smallest absolute Gasteiger partial charge is 0.412 e. The van der Waals surface area contributed by atoms with Crippen LogP contribution in [0.15, 0.2) is 42.6 Å². The van der Waals surface area contributed by atoms with E-state index in [1.54, 1.807) is 68.3 Å². The van der Waals surface area contributed by atoms with Crippen molar-refractivity contribution in [2.24, 2.45) is 0 Å². The fourth-order valence-electron chi connectivity index (χ4n) is 3.15. The number of ether oxygens (including phenoxy) is 1. The number of pyridine rings is 1. The Morgan fingerprint density at radius 2 is 1.65 bits per heavy atom. The second-order valence-electron chi connectivity index (χ2n) is 10.2. The number of rotatable bonds is 10. The van der Waals surface area contributed by atoms with Crippen molar-refractivity contribution in [3.05, 3.63) is 53.9 Å². The molecule has 1 heterocycles. The largest absolute Gasteiger partial charge is 0.444 e. The molecule has 0 aliphatic heterocycles. The highest BCUT2D eigenvalue weighted by atomic mass is 16.6. The van der Waals surface area contributed by atoms with E-state index in [1.807, 2.05) is 32.8 Å².